The third-order valence-electron chi connectivity index (χ3n) is 4.23. The highest BCUT2D eigenvalue weighted by Crippen LogP contribution is 2.19. The number of piperazine rings is 1. The van der Waals surface area contributed by atoms with Crippen LogP contribution in [0.5, 0.6) is 0 Å². The van der Waals surface area contributed by atoms with Gasteiger partial charge in [-0.15, -0.1) is 0 Å². The van der Waals surface area contributed by atoms with Crippen LogP contribution >= 0.6 is 0 Å². The largest absolute Gasteiger partial charge is 0.450 e. The number of carbonyl (C=O) groups is 1. The molecule has 1 aromatic rings. The molecule has 0 unspecified atom stereocenters. The number of hydrogen-bond acceptors (Lipinski definition) is 6. The van der Waals surface area contributed by atoms with Crippen molar-refractivity contribution in [3.63, 3.8) is 0 Å². The maximum Gasteiger partial charge on any atom is 0.409 e. The summed E-state index contributed by atoms with van der Waals surface area (Å²) in [5.41, 5.74) is 0.977. The van der Waals surface area contributed by atoms with Crippen molar-refractivity contribution in [3.8, 4) is 0 Å². The molecule has 1 saturated heterocycles. The lowest BCUT2D eigenvalue weighted by Gasteiger charge is -2.35. The van der Waals surface area contributed by atoms with E-state index in [0.29, 0.717) is 19.7 Å². The summed E-state index contributed by atoms with van der Waals surface area (Å²) in [7, 11) is 0. The van der Waals surface area contributed by atoms with Gasteiger partial charge in [0.25, 0.3) is 0 Å². The Balaban J connectivity index is 2.08. The minimum Gasteiger partial charge on any atom is -0.450 e. The highest BCUT2D eigenvalue weighted by Gasteiger charge is 2.23. The van der Waals surface area contributed by atoms with E-state index in [1.54, 1.807) is 4.90 Å². The first-order valence-electron chi connectivity index (χ1n) is 9.36. The number of aryl methyl sites for hydroxylation is 1. The fourth-order valence-corrected chi connectivity index (χ4v) is 3.02. The molecule has 140 valence electrons. The Hall–Kier alpha value is -2.05. The van der Waals surface area contributed by atoms with Crippen LogP contribution in [-0.4, -0.2) is 66.8 Å². The van der Waals surface area contributed by atoms with E-state index < -0.39 is 0 Å². The van der Waals surface area contributed by atoms with Gasteiger partial charge in [-0.25, -0.2) is 9.78 Å². The number of amides is 1. The zero-order chi connectivity index (χ0) is 18.2. The molecule has 0 radical (unpaired) electrons. The van der Waals surface area contributed by atoms with E-state index in [1.165, 1.54) is 0 Å². The predicted octanol–water partition coefficient (Wildman–Crippen LogP) is 2.69. The van der Waals surface area contributed by atoms with Gasteiger partial charge in [0.1, 0.15) is 5.82 Å². The van der Waals surface area contributed by atoms with E-state index in [4.69, 9.17) is 9.72 Å². The third kappa shape index (κ3) is 5.21. The van der Waals surface area contributed by atoms with Crippen molar-refractivity contribution in [1.82, 2.24) is 14.9 Å². The van der Waals surface area contributed by atoms with Gasteiger partial charge in [0.05, 0.1) is 6.61 Å². The number of carbonyl (C=O) groups excluding carboxylic acids is 1. The molecule has 1 aliphatic rings. The lowest BCUT2D eigenvalue weighted by molar-refractivity contribution is 0.105. The van der Waals surface area contributed by atoms with Gasteiger partial charge in [0.15, 0.2) is 0 Å². The molecule has 1 fully saturated rings. The molecule has 0 saturated carbocycles. The molecule has 0 N–H and O–H groups in total. The first-order valence-corrected chi connectivity index (χ1v) is 9.36. The van der Waals surface area contributed by atoms with Crippen LogP contribution in [0.3, 0.4) is 0 Å². The standard InChI is InChI=1S/C18H31N5O2/c1-5-8-22(9-6-2)17-19-15(4)14-16(20-17)21-10-12-23(13-11-21)18(24)25-7-3/h14H,5-13H2,1-4H3. The van der Waals surface area contributed by atoms with Crippen molar-refractivity contribution in [1.29, 1.82) is 0 Å². The summed E-state index contributed by atoms with van der Waals surface area (Å²) in [4.78, 5) is 27.5. The monoisotopic (exact) mass is 349 g/mol. The van der Waals surface area contributed by atoms with E-state index in [-0.39, 0.29) is 6.09 Å². The normalized spacial score (nSPS) is 14.6. The Morgan fingerprint density at radius 3 is 2.32 bits per heavy atom. The zero-order valence-corrected chi connectivity index (χ0v) is 16.0. The molecule has 0 aliphatic carbocycles. The fourth-order valence-electron chi connectivity index (χ4n) is 3.02. The van der Waals surface area contributed by atoms with Crippen LogP contribution in [0.2, 0.25) is 0 Å². The van der Waals surface area contributed by atoms with Gasteiger partial charge in [-0.05, 0) is 26.7 Å². The van der Waals surface area contributed by atoms with Crippen molar-refractivity contribution in [3.05, 3.63) is 11.8 Å². The number of aromatic nitrogens is 2. The Bertz CT molecular complexity index is 552. The topological polar surface area (TPSA) is 61.8 Å². The average molecular weight is 349 g/mol. The smallest absolute Gasteiger partial charge is 0.409 e. The van der Waals surface area contributed by atoms with Gasteiger partial charge in [-0.3, -0.25) is 0 Å². The van der Waals surface area contributed by atoms with E-state index in [2.05, 4.69) is 28.6 Å². The molecule has 1 aliphatic heterocycles. The van der Waals surface area contributed by atoms with Gasteiger partial charge in [0, 0.05) is 51.0 Å². The van der Waals surface area contributed by atoms with Gasteiger partial charge >= 0.3 is 6.09 Å². The molecule has 25 heavy (non-hydrogen) atoms. The second-order valence-electron chi connectivity index (χ2n) is 6.33. The molecular formula is C18H31N5O2. The number of hydrogen-bond donors (Lipinski definition) is 0. The lowest BCUT2D eigenvalue weighted by atomic mass is 10.3. The van der Waals surface area contributed by atoms with Crippen molar-refractivity contribution < 1.29 is 9.53 Å². The minimum absolute atomic E-state index is 0.223. The second-order valence-corrected chi connectivity index (χ2v) is 6.33. The van der Waals surface area contributed by atoms with Crippen LogP contribution < -0.4 is 9.80 Å². The summed E-state index contributed by atoms with van der Waals surface area (Å²) >= 11 is 0. The van der Waals surface area contributed by atoms with Crippen molar-refractivity contribution in [2.24, 2.45) is 0 Å². The van der Waals surface area contributed by atoms with Crippen LogP contribution in [0, 0.1) is 6.92 Å². The Morgan fingerprint density at radius 2 is 1.76 bits per heavy atom. The molecule has 0 bridgehead atoms. The van der Waals surface area contributed by atoms with Crippen LogP contribution in [-0.2, 0) is 4.74 Å². The lowest BCUT2D eigenvalue weighted by Crippen LogP contribution is -2.49. The van der Waals surface area contributed by atoms with Gasteiger partial charge in [0.2, 0.25) is 5.95 Å². The summed E-state index contributed by atoms with van der Waals surface area (Å²) in [6.07, 6.45) is 1.93. The number of rotatable bonds is 7. The second kappa shape index (κ2) is 9.44. The molecule has 0 atom stereocenters. The van der Waals surface area contributed by atoms with Gasteiger partial charge in [-0.1, -0.05) is 13.8 Å². The van der Waals surface area contributed by atoms with E-state index in [0.717, 1.165) is 56.5 Å². The SMILES string of the molecule is CCCN(CCC)c1nc(C)cc(N2CCN(C(=O)OCC)CC2)n1. The van der Waals surface area contributed by atoms with E-state index >= 15 is 0 Å². The van der Waals surface area contributed by atoms with Crippen molar-refractivity contribution >= 4 is 17.9 Å². The first-order chi connectivity index (χ1) is 12.1. The Morgan fingerprint density at radius 1 is 1.12 bits per heavy atom. The first kappa shape index (κ1) is 19.3. The minimum atomic E-state index is -0.223. The van der Waals surface area contributed by atoms with Crippen LogP contribution in [0.1, 0.15) is 39.3 Å². The molecule has 0 aromatic carbocycles. The van der Waals surface area contributed by atoms with Crippen molar-refractivity contribution in [2.45, 2.75) is 40.5 Å². The van der Waals surface area contributed by atoms with Crippen LogP contribution in [0.15, 0.2) is 6.07 Å². The maximum absolute atomic E-state index is 11.8. The van der Waals surface area contributed by atoms with E-state index in [9.17, 15) is 4.79 Å². The molecule has 2 rings (SSSR count). The number of anilines is 2. The Kier molecular flexibility index (Phi) is 7.28. The highest BCUT2D eigenvalue weighted by atomic mass is 16.6. The van der Waals surface area contributed by atoms with Crippen molar-refractivity contribution in [2.75, 3.05) is 55.7 Å². The third-order valence-corrected chi connectivity index (χ3v) is 4.23. The zero-order valence-electron chi connectivity index (χ0n) is 16.0. The summed E-state index contributed by atoms with van der Waals surface area (Å²) in [5, 5.41) is 0. The number of ether oxygens (including phenoxy) is 1. The molecule has 2 heterocycles. The van der Waals surface area contributed by atoms with Gasteiger partial charge < -0.3 is 19.4 Å². The fraction of sp³-hybridized carbons (Fsp3) is 0.722. The quantitative estimate of drug-likeness (QED) is 0.754. The summed E-state index contributed by atoms with van der Waals surface area (Å²) in [6.45, 7) is 13.4. The highest BCUT2D eigenvalue weighted by molar-refractivity contribution is 5.68. The Labute approximate surface area is 151 Å². The summed E-state index contributed by atoms with van der Waals surface area (Å²) in [5.74, 6) is 1.76. The average Bonchev–Trinajstić information content (AvgIpc) is 2.61. The van der Waals surface area contributed by atoms with E-state index in [1.807, 2.05) is 19.9 Å². The summed E-state index contributed by atoms with van der Waals surface area (Å²) in [6, 6.07) is 2.03. The molecule has 0 spiro atoms. The molecule has 1 aromatic heterocycles. The van der Waals surface area contributed by atoms with Crippen LogP contribution in [0.4, 0.5) is 16.6 Å². The predicted molar refractivity (Wildman–Crippen MR) is 100 cm³/mol. The summed E-state index contributed by atoms with van der Waals surface area (Å²) < 4.78 is 5.08. The molecular weight excluding hydrogens is 318 g/mol. The molecule has 7 heteroatoms. The maximum atomic E-state index is 11.8. The molecule has 1 amide bonds. The van der Waals surface area contributed by atoms with Gasteiger partial charge in [-0.2, -0.15) is 4.98 Å². The van der Waals surface area contributed by atoms with Crippen LogP contribution in [0.25, 0.3) is 0 Å². The molecule has 7 nitrogen and oxygen atoms in total. The number of nitrogens with zero attached hydrogens (tertiary/aromatic N) is 5.